The van der Waals surface area contributed by atoms with E-state index in [1.54, 1.807) is 36.4 Å². The standard InChI is InChI=1S/C34H28F4N4O4S/c1-45-25-8-4-23(31(18-25)46-2)20-42(33-39-14-3-15-40-33)47(43,44)26-9-12-27-21(16-26)5-10-28(27)29-11-7-24(34(36,37)38)17-30(29)22-6-13-32(35)41-19-22/h3-4,6-9,11-19,28H,5,10,20H2,1-2H3. The van der Waals surface area contributed by atoms with Crippen molar-refractivity contribution in [3.63, 3.8) is 0 Å². The number of alkyl halides is 3. The van der Waals surface area contributed by atoms with E-state index in [0.717, 1.165) is 33.6 Å². The zero-order chi connectivity index (χ0) is 33.3. The van der Waals surface area contributed by atoms with Crippen LogP contribution in [0.5, 0.6) is 11.5 Å². The molecule has 0 radical (unpaired) electrons. The lowest BCUT2D eigenvalue weighted by molar-refractivity contribution is -0.137. The Morgan fingerprint density at radius 3 is 2.34 bits per heavy atom. The predicted octanol–water partition coefficient (Wildman–Crippen LogP) is 7.19. The van der Waals surface area contributed by atoms with Crippen LogP contribution >= 0.6 is 0 Å². The minimum Gasteiger partial charge on any atom is -0.497 e. The van der Waals surface area contributed by atoms with Crippen molar-refractivity contribution in [1.82, 2.24) is 15.0 Å². The summed E-state index contributed by atoms with van der Waals surface area (Å²) in [5, 5.41) is 0. The summed E-state index contributed by atoms with van der Waals surface area (Å²) in [6.07, 6.45) is 0.531. The lowest BCUT2D eigenvalue weighted by Crippen LogP contribution is -2.32. The number of hydrogen-bond donors (Lipinski definition) is 0. The largest absolute Gasteiger partial charge is 0.497 e. The molecule has 5 aromatic rings. The summed E-state index contributed by atoms with van der Waals surface area (Å²) in [4.78, 5) is 12.1. The fourth-order valence-electron chi connectivity index (χ4n) is 5.85. The molecule has 3 aromatic carbocycles. The average Bonchev–Trinajstić information content (AvgIpc) is 3.50. The first-order chi connectivity index (χ1) is 22.5. The number of sulfonamides is 1. The van der Waals surface area contributed by atoms with Gasteiger partial charge in [0.25, 0.3) is 10.0 Å². The Morgan fingerprint density at radius 2 is 1.66 bits per heavy atom. The monoisotopic (exact) mass is 664 g/mol. The fraction of sp³-hybridized carbons (Fsp3) is 0.206. The molecule has 0 amide bonds. The van der Waals surface area contributed by atoms with E-state index in [1.807, 2.05) is 0 Å². The second kappa shape index (κ2) is 12.6. The number of nitrogens with zero attached hydrogens (tertiary/aromatic N) is 4. The van der Waals surface area contributed by atoms with Gasteiger partial charge in [0.05, 0.1) is 31.2 Å². The number of anilines is 1. The molecule has 0 saturated carbocycles. The normalized spacial score (nSPS) is 14.5. The lowest BCUT2D eigenvalue weighted by Gasteiger charge is -2.24. The van der Waals surface area contributed by atoms with Crippen LogP contribution in [0, 0.1) is 5.95 Å². The number of pyridine rings is 1. The third-order valence-electron chi connectivity index (χ3n) is 8.16. The molecule has 0 fully saturated rings. The molecule has 1 aliphatic rings. The fourth-order valence-corrected chi connectivity index (χ4v) is 7.25. The zero-order valence-corrected chi connectivity index (χ0v) is 26.0. The molecule has 0 N–H and O–H groups in total. The highest BCUT2D eigenvalue weighted by Gasteiger charge is 2.35. The highest BCUT2D eigenvalue weighted by molar-refractivity contribution is 7.92. The van der Waals surface area contributed by atoms with E-state index < -0.39 is 27.7 Å². The maximum Gasteiger partial charge on any atom is 0.416 e. The van der Waals surface area contributed by atoms with Gasteiger partial charge in [0.15, 0.2) is 0 Å². The number of benzene rings is 3. The second-order valence-electron chi connectivity index (χ2n) is 10.9. The molecule has 0 aliphatic heterocycles. The van der Waals surface area contributed by atoms with Crippen LogP contribution < -0.4 is 13.8 Å². The van der Waals surface area contributed by atoms with Crippen LogP contribution in [-0.2, 0) is 29.2 Å². The summed E-state index contributed by atoms with van der Waals surface area (Å²) in [5.41, 5.74) is 2.48. The second-order valence-corrected chi connectivity index (χ2v) is 12.7. The molecule has 242 valence electrons. The van der Waals surface area contributed by atoms with Gasteiger partial charge >= 0.3 is 6.18 Å². The highest BCUT2D eigenvalue weighted by atomic mass is 32.2. The molecule has 0 spiro atoms. The predicted molar refractivity (Wildman–Crippen MR) is 166 cm³/mol. The number of fused-ring (bicyclic) bond motifs is 1. The SMILES string of the molecule is COc1ccc(CN(c2ncccn2)S(=O)(=O)c2ccc3c(c2)CCC3c2ccc(C(F)(F)F)cc2-c2ccc(F)nc2)c(OC)c1. The van der Waals surface area contributed by atoms with Crippen LogP contribution in [0.2, 0.25) is 0 Å². The van der Waals surface area contributed by atoms with Gasteiger partial charge in [-0.2, -0.15) is 17.6 Å². The van der Waals surface area contributed by atoms with Crippen molar-refractivity contribution in [3.05, 3.63) is 125 Å². The van der Waals surface area contributed by atoms with Crippen LogP contribution in [0.25, 0.3) is 11.1 Å². The molecule has 13 heteroatoms. The average molecular weight is 665 g/mol. The van der Waals surface area contributed by atoms with Crippen LogP contribution in [0.1, 0.15) is 40.2 Å². The summed E-state index contributed by atoms with van der Waals surface area (Å²) in [7, 11) is -1.23. The Labute approximate surface area is 268 Å². The van der Waals surface area contributed by atoms with Crippen molar-refractivity contribution < 1.29 is 35.5 Å². The number of halogens is 4. The van der Waals surface area contributed by atoms with E-state index in [4.69, 9.17) is 9.47 Å². The van der Waals surface area contributed by atoms with Crippen LogP contribution in [0.3, 0.4) is 0 Å². The van der Waals surface area contributed by atoms with E-state index in [2.05, 4.69) is 15.0 Å². The molecular weight excluding hydrogens is 636 g/mol. The summed E-state index contributed by atoms with van der Waals surface area (Å²) in [5.74, 6) is -0.160. The van der Waals surface area contributed by atoms with Gasteiger partial charge in [-0.3, -0.25) is 0 Å². The highest BCUT2D eigenvalue weighted by Crippen LogP contribution is 2.44. The van der Waals surface area contributed by atoms with Crippen molar-refractivity contribution in [2.45, 2.75) is 36.4 Å². The van der Waals surface area contributed by atoms with Gasteiger partial charge in [-0.1, -0.05) is 12.1 Å². The Hall–Kier alpha value is -5.04. The molecule has 0 saturated heterocycles. The number of rotatable bonds is 9. The molecule has 0 bridgehead atoms. The van der Waals surface area contributed by atoms with E-state index in [1.165, 1.54) is 51.0 Å². The summed E-state index contributed by atoms with van der Waals surface area (Å²) >= 11 is 0. The first-order valence-electron chi connectivity index (χ1n) is 14.5. The number of ether oxygens (including phenoxy) is 2. The van der Waals surface area contributed by atoms with Gasteiger partial charge in [-0.05, 0) is 89.7 Å². The van der Waals surface area contributed by atoms with Crippen molar-refractivity contribution >= 4 is 16.0 Å². The Morgan fingerprint density at radius 1 is 0.894 bits per heavy atom. The van der Waals surface area contributed by atoms with Crippen LogP contribution in [-0.4, -0.2) is 37.6 Å². The van der Waals surface area contributed by atoms with Gasteiger partial charge in [-0.15, -0.1) is 0 Å². The Bertz CT molecular complexity index is 2030. The summed E-state index contributed by atoms with van der Waals surface area (Å²) < 4.78 is 95.1. The molecule has 6 rings (SSSR count). The Kier molecular flexibility index (Phi) is 8.58. The molecule has 47 heavy (non-hydrogen) atoms. The van der Waals surface area contributed by atoms with Crippen molar-refractivity contribution in [2.75, 3.05) is 18.5 Å². The minimum atomic E-state index is -4.58. The smallest absolute Gasteiger partial charge is 0.416 e. The molecule has 1 aliphatic carbocycles. The van der Waals surface area contributed by atoms with Crippen molar-refractivity contribution in [1.29, 1.82) is 0 Å². The van der Waals surface area contributed by atoms with Crippen LogP contribution in [0.15, 0.2) is 96.3 Å². The number of methoxy groups -OCH3 is 2. The molecule has 2 heterocycles. The lowest BCUT2D eigenvalue weighted by atomic mass is 9.86. The number of hydrogen-bond acceptors (Lipinski definition) is 7. The Balaban J connectivity index is 1.39. The first-order valence-corrected chi connectivity index (χ1v) is 15.9. The molecule has 1 unspecified atom stereocenters. The van der Waals surface area contributed by atoms with E-state index in [0.29, 0.717) is 41.0 Å². The molecule has 8 nitrogen and oxygen atoms in total. The molecular formula is C34H28F4N4O4S. The minimum absolute atomic E-state index is 0.00667. The molecule has 2 aromatic heterocycles. The van der Waals surface area contributed by atoms with Crippen molar-refractivity contribution in [2.24, 2.45) is 0 Å². The van der Waals surface area contributed by atoms with E-state index in [-0.39, 0.29) is 28.9 Å². The third-order valence-corrected chi connectivity index (χ3v) is 9.88. The topological polar surface area (TPSA) is 94.5 Å². The van der Waals surface area contributed by atoms with Gasteiger partial charge in [0.1, 0.15) is 11.5 Å². The van der Waals surface area contributed by atoms with Gasteiger partial charge < -0.3 is 9.47 Å². The van der Waals surface area contributed by atoms with Gasteiger partial charge in [-0.25, -0.2) is 27.7 Å². The quantitative estimate of drug-likeness (QED) is 0.122. The number of aromatic nitrogens is 3. The van der Waals surface area contributed by atoms with E-state index >= 15 is 0 Å². The van der Waals surface area contributed by atoms with E-state index in [9.17, 15) is 26.0 Å². The zero-order valence-electron chi connectivity index (χ0n) is 25.2. The maximum absolute atomic E-state index is 14.2. The third kappa shape index (κ3) is 6.35. The van der Waals surface area contributed by atoms with Crippen molar-refractivity contribution in [3.8, 4) is 22.6 Å². The maximum atomic E-state index is 14.2. The first kappa shape index (κ1) is 31.9. The number of aryl methyl sites for hydroxylation is 1. The van der Waals surface area contributed by atoms with Gasteiger partial charge in [0, 0.05) is 41.7 Å². The molecule has 1 atom stereocenters. The van der Waals surface area contributed by atoms with Crippen LogP contribution in [0.4, 0.5) is 23.5 Å². The summed E-state index contributed by atoms with van der Waals surface area (Å²) in [6, 6.07) is 17.4. The van der Waals surface area contributed by atoms with Gasteiger partial charge in [0.2, 0.25) is 11.9 Å². The summed E-state index contributed by atoms with van der Waals surface area (Å²) in [6.45, 7) is -0.139.